The van der Waals surface area contributed by atoms with Gasteiger partial charge >= 0.3 is 29.1 Å². The fraction of sp³-hybridized carbons (Fsp3) is 0.300. The number of hydrogen-bond donors (Lipinski definition) is 2. The number of nitrogens with one attached hydrogen (secondary N) is 2. The van der Waals surface area contributed by atoms with E-state index in [0.717, 1.165) is 11.5 Å². The molecule has 2 aliphatic carbocycles. The number of carbonyl (C=O) groups excluding carboxylic acids is 3. The van der Waals surface area contributed by atoms with Crippen LogP contribution in [0.25, 0.3) is 0 Å². The van der Waals surface area contributed by atoms with E-state index in [2.05, 4.69) is 20.9 Å². The summed E-state index contributed by atoms with van der Waals surface area (Å²) in [7, 11) is 1.26. The third-order valence-electron chi connectivity index (χ3n) is 5.88. The molecule has 0 bridgehead atoms. The van der Waals surface area contributed by atoms with E-state index in [1.807, 2.05) is 88.1 Å². The minimum Gasteiger partial charge on any atom is -0.467 e. The second-order valence-electron chi connectivity index (χ2n) is 9.38. The normalized spacial score (nSPS) is 16.1. The van der Waals surface area contributed by atoms with Crippen molar-refractivity contribution in [1.29, 1.82) is 0 Å². The van der Waals surface area contributed by atoms with Gasteiger partial charge in [-0.1, -0.05) is 49.4 Å². The van der Waals surface area contributed by atoms with E-state index in [1.165, 1.54) is 7.11 Å². The zero-order valence-electron chi connectivity index (χ0n) is 23.3. The molecular formula is C30H35FeN5O5+2. The van der Waals surface area contributed by atoms with Gasteiger partial charge in [0.15, 0.2) is 0 Å². The minimum absolute atomic E-state index is 0. The molecule has 2 N–H and O–H groups in total. The number of benzene rings is 1. The molecule has 4 rings (SSSR count). The first-order chi connectivity index (χ1) is 19.4. The Kier molecular flexibility index (Phi) is 15.5. The average molecular weight is 601 g/mol. The molecule has 10 nitrogen and oxygen atoms in total. The Balaban J connectivity index is 0.000000883. The van der Waals surface area contributed by atoms with Crippen molar-refractivity contribution >= 4 is 18.0 Å². The van der Waals surface area contributed by atoms with Crippen molar-refractivity contribution in [1.82, 2.24) is 25.6 Å². The molecule has 216 valence electrons. The largest absolute Gasteiger partial charge is 2.00 e. The standard InChI is InChI=1S/C25H30N5O5.C5H5.Fe/c1-17(2)22(24(32)34-3)27-23(31)21(13-18-9-5-4-6-10-18)26-25(33)35-16-20-15-30(29-28-20)14-19-11-7-8-12-19;1-2-4-5-3-1;/h4-12,15,17,21-22H,13-14,16H2,1-3H3,(H,26,33)(H,27,31);1-5H;/q;;+2/t21-,22-;;/m0../s1. The van der Waals surface area contributed by atoms with E-state index in [-0.39, 0.29) is 36.0 Å². The maximum atomic E-state index is 13.0. The fourth-order valence-corrected chi connectivity index (χ4v) is 3.77. The van der Waals surface area contributed by atoms with Crippen LogP contribution in [-0.4, -0.2) is 52.2 Å². The monoisotopic (exact) mass is 601 g/mol. The second kappa shape index (κ2) is 18.5. The molecule has 2 atom stereocenters. The van der Waals surface area contributed by atoms with Crippen LogP contribution in [0.1, 0.15) is 25.1 Å². The van der Waals surface area contributed by atoms with Crippen molar-refractivity contribution in [2.24, 2.45) is 5.92 Å². The molecule has 41 heavy (non-hydrogen) atoms. The number of ether oxygens (including phenoxy) is 2. The van der Waals surface area contributed by atoms with Gasteiger partial charge in [0.1, 0.15) is 24.4 Å². The molecule has 2 fully saturated rings. The maximum Gasteiger partial charge on any atom is 2.00 e. The van der Waals surface area contributed by atoms with Crippen LogP contribution in [-0.2, 0) is 55.7 Å². The third kappa shape index (κ3) is 12.2. The predicted octanol–water partition coefficient (Wildman–Crippen LogP) is 2.85. The van der Waals surface area contributed by atoms with Crippen molar-refractivity contribution < 1.29 is 40.9 Å². The van der Waals surface area contributed by atoms with Crippen LogP contribution in [0, 0.1) is 69.6 Å². The van der Waals surface area contributed by atoms with E-state index >= 15 is 0 Å². The molecule has 1 aromatic heterocycles. The number of alkyl carbamates (subject to hydrolysis) is 1. The summed E-state index contributed by atoms with van der Waals surface area (Å²) < 4.78 is 11.7. The fourth-order valence-electron chi connectivity index (χ4n) is 3.77. The van der Waals surface area contributed by atoms with Crippen LogP contribution in [0.5, 0.6) is 0 Å². The Labute approximate surface area is 254 Å². The Hall–Kier alpha value is -2.91. The second-order valence-corrected chi connectivity index (χ2v) is 9.38. The first-order valence-corrected chi connectivity index (χ1v) is 13.0. The number of carbonyl (C=O) groups is 3. The van der Waals surface area contributed by atoms with Crippen molar-refractivity contribution in [2.75, 3.05) is 7.11 Å². The van der Waals surface area contributed by atoms with Gasteiger partial charge < -0.3 is 20.1 Å². The molecule has 10 radical (unpaired) electrons. The smallest absolute Gasteiger partial charge is 0.467 e. The van der Waals surface area contributed by atoms with Crippen LogP contribution in [0.15, 0.2) is 36.5 Å². The SMILES string of the molecule is COC(=O)[C@@H](NC(=O)[C@H](Cc1ccccc1)NC(=O)OCc1cn(C[C]2[CH][CH][CH][CH]2)nn1)C(C)C.[CH]1[CH][CH][CH][CH]1.[Fe+2]. The van der Waals surface area contributed by atoms with Crippen LogP contribution < -0.4 is 10.6 Å². The Morgan fingerprint density at radius 1 is 0.927 bits per heavy atom. The molecule has 11 heteroatoms. The van der Waals surface area contributed by atoms with E-state index in [1.54, 1.807) is 24.7 Å². The Bertz CT molecular complexity index is 1050. The summed E-state index contributed by atoms with van der Waals surface area (Å²) in [5.74, 6) is -0.192. The minimum atomic E-state index is -0.969. The number of amides is 2. The van der Waals surface area contributed by atoms with Crippen LogP contribution in [0.2, 0.25) is 0 Å². The predicted molar refractivity (Wildman–Crippen MR) is 148 cm³/mol. The van der Waals surface area contributed by atoms with Crippen molar-refractivity contribution in [3.05, 3.63) is 111 Å². The molecule has 2 amide bonds. The summed E-state index contributed by atoms with van der Waals surface area (Å²) in [6.45, 7) is 4.04. The Morgan fingerprint density at radius 2 is 1.56 bits per heavy atom. The summed E-state index contributed by atoms with van der Waals surface area (Å²) in [5, 5.41) is 13.3. The molecule has 0 saturated heterocycles. The molecule has 0 unspecified atom stereocenters. The number of nitrogens with zero attached hydrogens (tertiary/aromatic N) is 3. The van der Waals surface area contributed by atoms with E-state index in [9.17, 15) is 14.4 Å². The van der Waals surface area contributed by atoms with Gasteiger partial charge in [0.05, 0.1) is 13.3 Å². The summed E-state index contributed by atoms with van der Waals surface area (Å²) in [5.41, 5.74) is 1.31. The number of rotatable bonds is 11. The molecule has 0 spiro atoms. The van der Waals surface area contributed by atoms with Crippen LogP contribution in [0.4, 0.5) is 4.79 Å². The van der Waals surface area contributed by atoms with E-state index in [0.29, 0.717) is 12.2 Å². The molecule has 2 aliphatic rings. The first-order valence-electron chi connectivity index (χ1n) is 13.0. The van der Waals surface area contributed by atoms with Crippen molar-refractivity contribution in [3.8, 4) is 0 Å². The average Bonchev–Trinajstić information content (AvgIpc) is 3.76. The molecule has 1 heterocycles. The molecule has 0 aliphatic heterocycles. The topological polar surface area (TPSA) is 124 Å². The summed E-state index contributed by atoms with van der Waals surface area (Å²) in [6, 6.07) is 7.42. The quantitative estimate of drug-likeness (QED) is 0.300. The third-order valence-corrected chi connectivity index (χ3v) is 5.88. The zero-order chi connectivity index (χ0) is 28.7. The zero-order valence-corrected chi connectivity index (χ0v) is 24.4. The maximum absolute atomic E-state index is 13.0. The van der Waals surface area contributed by atoms with E-state index < -0.39 is 30.1 Å². The molecular weight excluding hydrogens is 566 g/mol. The Morgan fingerprint density at radius 3 is 2.15 bits per heavy atom. The summed E-state index contributed by atoms with van der Waals surface area (Å²) in [6.07, 6.45) is 19.0. The van der Waals surface area contributed by atoms with Crippen LogP contribution in [0.3, 0.4) is 0 Å². The first kappa shape index (κ1) is 34.3. The number of methoxy groups -OCH3 is 1. The number of aromatic nitrogens is 3. The van der Waals surface area contributed by atoms with Gasteiger partial charge in [-0.25, -0.2) is 9.59 Å². The van der Waals surface area contributed by atoms with Crippen molar-refractivity contribution in [2.45, 2.75) is 45.5 Å². The summed E-state index contributed by atoms with van der Waals surface area (Å²) in [4.78, 5) is 37.7. The van der Waals surface area contributed by atoms with Gasteiger partial charge in [0.25, 0.3) is 0 Å². The van der Waals surface area contributed by atoms with Crippen LogP contribution >= 0.6 is 0 Å². The molecule has 2 aromatic rings. The van der Waals surface area contributed by atoms with Gasteiger partial charge in [-0.3, -0.25) is 9.48 Å². The van der Waals surface area contributed by atoms with Gasteiger partial charge in [-0.2, -0.15) is 0 Å². The number of hydrogen-bond acceptors (Lipinski definition) is 7. The molecule has 1 aromatic carbocycles. The van der Waals surface area contributed by atoms with Gasteiger partial charge in [-0.15, -0.1) is 5.10 Å². The molecule has 2 saturated carbocycles. The van der Waals surface area contributed by atoms with Gasteiger partial charge in [0.2, 0.25) is 5.91 Å². The summed E-state index contributed by atoms with van der Waals surface area (Å²) >= 11 is 0. The van der Waals surface area contributed by atoms with Crippen molar-refractivity contribution in [3.63, 3.8) is 0 Å². The van der Waals surface area contributed by atoms with Gasteiger partial charge in [0, 0.05) is 18.9 Å². The van der Waals surface area contributed by atoms with E-state index in [4.69, 9.17) is 9.47 Å². The number of esters is 1. The van der Waals surface area contributed by atoms with Gasteiger partial charge in [-0.05, 0) is 69.3 Å².